The number of hydrogen-bond donors (Lipinski definition) is 1. The van der Waals surface area contributed by atoms with Gasteiger partial charge in [-0.2, -0.15) is 0 Å². The molecular weight excluding hydrogens is 359 g/mol. The second-order valence-electron chi connectivity index (χ2n) is 6.36. The number of nitrogens with one attached hydrogen (secondary N) is 1. The molecule has 3 rings (SSSR count). The Kier molecular flexibility index (Phi) is 6.22. The molecule has 144 valence electrons. The van der Waals surface area contributed by atoms with Gasteiger partial charge in [0, 0.05) is 28.4 Å². The number of carbonyl (C=O) groups excluding carboxylic acids is 1. The van der Waals surface area contributed by atoms with Crippen molar-refractivity contribution in [3.63, 3.8) is 0 Å². The SMILES string of the molecule is COc1ccc(CCNC(=O)c2ccc(-c3cc(C)ccn3)cc2)cc1OF. The third-order valence-electron chi connectivity index (χ3n) is 4.37. The third-order valence-corrected chi connectivity index (χ3v) is 4.37. The highest BCUT2D eigenvalue weighted by atomic mass is 19.3. The van der Waals surface area contributed by atoms with E-state index >= 15 is 0 Å². The molecule has 0 atom stereocenters. The topological polar surface area (TPSA) is 60.5 Å². The van der Waals surface area contributed by atoms with Crippen molar-refractivity contribution in [2.75, 3.05) is 13.7 Å². The van der Waals surface area contributed by atoms with Crippen LogP contribution in [0.4, 0.5) is 4.53 Å². The van der Waals surface area contributed by atoms with E-state index in [9.17, 15) is 9.32 Å². The fourth-order valence-corrected chi connectivity index (χ4v) is 2.85. The van der Waals surface area contributed by atoms with E-state index in [4.69, 9.17) is 4.74 Å². The van der Waals surface area contributed by atoms with Crippen LogP contribution in [-0.4, -0.2) is 24.5 Å². The number of hydrogen-bond acceptors (Lipinski definition) is 4. The van der Waals surface area contributed by atoms with Gasteiger partial charge >= 0.3 is 0 Å². The minimum Gasteiger partial charge on any atom is -0.493 e. The highest BCUT2D eigenvalue weighted by molar-refractivity contribution is 5.94. The molecule has 0 saturated heterocycles. The number of halogens is 1. The summed E-state index contributed by atoms with van der Waals surface area (Å²) in [5.74, 6) is 0.171. The molecule has 0 spiro atoms. The molecule has 0 aliphatic rings. The summed E-state index contributed by atoms with van der Waals surface area (Å²) in [7, 11) is 1.44. The highest BCUT2D eigenvalue weighted by Crippen LogP contribution is 2.28. The van der Waals surface area contributed by atoms with Crippen LogP contribution in [0.25, 0.3) is 11.3 Å². The van der Waals surface area contributed by atoms with Gasteiger partial charge in [0.05, 0.1) is 12.8 Å². The average Bonchev–Trinajstić information content (AvgIpc) is 2.73. The molecule has 1 aromatic heterocycles. The molecule has 1 N–H and O–H groups in total. The van der Waals surface area contributed by atoms with Crippen molar-refractivity contribution in [2.45, 2.75) is 13.3 Å². The van der Waals surface area contributed by atoms with Crippen LogP contribution in [0.5, 0.6) is 11.5 Å². The van der Waals surface area contributed by atoms with Crippen molar-refractivity contribution in [3.8, 4) is 22.8 Å². The summed E-state index contributed by atoms with van der Waals surface area (Å²) in [4.78, 5) is 20.5. The summed E-state index contributed by atoms with van der Waals surface area (Å²) in [6.45, 7) is 2.43. The van der Waals surface area contributed by atoms with Crippen molar-refractivity contribution < 1.29 is 19.0 Å². The van der Waals surface area contributed by atoms with Crippen LogP contribution in [0.15, 0.2) is 60.8 Å². The van der Waals surface area contributed by atoms with E-state index in [1.54, 1.807) is 36.5 Å². The minimum atomic E-state index is -0.167. The van der Waals surface area contributed by atoms with Crippen LogP contribution in [0.3, 0.4) is 0 Å². The Bertz CT molecular complexity index is 958. The monoisotopic (exact) mass is 380 g/mol. The average molecular weight is 380 g/mol. The molecule has 0 fully saturated rings. The van der Waals surface area contributed by atoms with Crippen LogP contribution < -0.4 is 15.0 Å². The first-order valence-corrected chi connectivity index (χ1v) is 8.87. The normalized spacial score (nSPS) is 10.4. The molecule has 2 aromatic carbocycles. The maximum Gasteiger partial charge on any atom is 0.251 e. The zero-order valence-electron chi connectivity index (χ0n) is 15.7. The van der Waals surface area contributed by atoms with Crippen molar-refractivity contribution in [3.05, 3.63) is 77.5 Å². The number of aryl methyl sites for hydroxylation is 1. The zero-order chi connectivity index (χ0) is 19.9. The first kappa shape index (κ1) is 19.4. The maximum absolute atomic E-state index is 12.5. The lowest BCUT2D eigenvalue weighted by Gasteiger charge is -2.09. The Hall–Kier alpha value is -3.41. The van der Waals surface area contributed by atoms with Gasteiger partial charge in [-0.3, -0.25) is 14.7 Å². The van der Waals surface area contributed by atoms with E-state index < -0.39 is 0 Å². The van der Waals surface area contributed by atoms with Crippen molar-refractivity contribution >= 4 is 5.91 Å². The molecule has 0 unspecified atom stereocenters. The highest BCUT2D eigenvalue weighted by Gasteiger charge is 2.09. The number of pyridine rings is 1. The second-order valence-corrected chi connectivity index (χ2v) is 6.36. The Balaban J connectivity index is 1.58. The molecule has 5 nitrogen and oxygen atoms in total. The quantitative estimate of drug-likeness (QED) is 0.664. The minimum absolute atomic E-state index is 0.0201. The number of rotatable bonds is 7. The van der Waals surface area contributed by atoms with Crippen molar-refractivity contribution in [1.82, 2.24) is 10.3 Å². The number of methoxy groups -OCH3 is 1. The van der Waals surface area contributed by atoms with Crippen LogP contribution in [0.2, 0.25) is 0 Å². The summed E-state index contributed by atoms with van der Waals surface area (Å²) < 4.78 is 17.5. The Morgan fingerprint density at radius 1 is 1.07 bits per heavy atom. The predicted molar refractivity (Wildman–Crippen MR) is 105 cm³/mol. The molecule has 28 heavy (non-hydrogen) atoms. The molecule has 1 amide bonds. The van der Waals surface area contributed by atoms with Crippen molar-refractivity contribution in [2.24, 2.45) is 0 Å². The lowest BCUT2D eigenvalue weighted by molar-refractivity contribution is -0.00905. The van der Waals surface area contributed by atoms with E-state index in [-0.39, 0.29) is 11.7 Å². The van der Waals surface area contributed by atoms with Gasteiger partial charge in [0.2, 0.25) is 5.75 Å². The smallest absolute Gasteiger partial charge is 0.251 e. The van der Waals surface area contributed by atoms with Gasteiger partial charge in [-0.1, -0.05) is 18.2 Å². The van der Waals surface area contributed by atoms with E-state index in [1.807, 2.05) is 31.2 Å². The predicted octanol–water partition coefficient (Wildman–Crippen LogP) is 4.30. The summed E-state index contributed by atoms with van der Waals surface area (Å²) in [6.07, 6.45) is 2.31. The molecule has 6 heteroatoms. The number of nitrogens with zero attached hydrogens (tertiary/aromatic N) is 1. The number of aromatic nitrogens is 1. The van der Waals surface area contributed by atoms with E-state index in [0.29, 0.717) is 24.3 Å². The Labute approximate surface area is 163 Å². The van der Waals surface area contributed by atoms with Gasteiger partial charge in [0.25, 0.3) is 5.91 Å². The summed E-state index contributed by atoms with van der Waals surface area (Å²) in [5.41, 5.74) is 4.36. The lowest BCUT2D eigenvalue weighted by atomic mass is 10.1. The van der Waals surface area contributed by atoms with Crippen LogP contribution >= 0.6 is 0 Å². The molecule has 0 radical (unpaired) electrons. The maximum atomic E-state index is 12.5. The fourth-order valence-electron chi connectivity index (χ4n) is 2.85. The molecule has 0 bridgehead atoms. The standard InChI is InChI=1S/C22H21FN2O3/c1-15-9-11-24-19(13-15)17-4-6-18(7-5-17)22(26)25-12-10-16-3-8-20(27-2)21(14-16)28-23/h3-9,11,13-14H,10,12H2,1-2H3,(H,25,26). The number of amides is 1. The number of ether oxygens (including phenoxy) is 1. The van der Waals surface area contributed by atoms with Crippen LogP contribution in [0.1, 0.15) is 21.5 Å². The first-order chi connectivity index (χ1) is 13.6. The first-order valence-electron chi connectivity index (χ1n) is 8.87. The second kappa shape index (κ2) is 8.99. The number of benzene rings is 2. The van der Waals surface area contributed by atoms with E-state index in [0.717, 1.165) is 22.4 Å². The summed E-state index contributed by atoms with van der Waals surface area (Å²) in [5, 5.41) is 2.86. The Morgan fingerprint density at radius 2 is 1.86 bits per heavy atom. The molecule has 1 heterocycles. The van der Waals surface area contributed by atoms with E-state index in [2.05, 4.69) is 15.2 Å². The molecule has 0 aliphatic carbocycles. The molecular formula is C22H21FN2O3. The Morgan fingerprint density at radius 3 is 2.54 bits per heavy atom. The molecule has 0 saturated carbocycles. The van der Waals surface area contributed by atoms with Gasteiger partial charge in [0.15, 0.2) is 5.75 Å². The van der Waals surface area contributed by atoms with Gasteiger partial charge in [-0.25, -0.2) is 0 Å². The van der Waals surface area contributed by atoms with Gasteiger partial charge in [-0.15, -0.1) is 0 Å². The number of carbonyl (C=O) groups is 1. The van der Waals surface area contributed by atoms with Crippen molar-refractivity contribution in [1.29, 1.82) is 0 Å². The third kappa shape index (κ3) is 4.65. The van der Waals surface area contributed by atoms with Gasteiger partial charge in [0.1, 0.15) is 0 Å². The molecule has 0 aliphatic heterocycles. The van der Waals surface area contributed by atoms with E-state index in [1.165, 1.54) is 7.11 Å². The molecule has 3 aromatic rings. The zero-order valence-corrected chi connectivity index (χ0v) is 15.7. The van der Waals surface area contributed by atoms with Crippen LogP contribution in [-0.2, 0) is 6.42 Å². The van der Waals surface area contributed by atoms with Crippen LogP contribution in [0, 0.1) is 6.92 Å². The van der Waals surface area contributed by atoms with Gasteiger partial charge < -0.3 is 10.1 Å². The van der Waals surface area contributed by atoms with Gasteiger partial charge in [-0.05, 0) is 60.9 Å². The summed E-state index contributed by atoms with van der Waals surface area (Å²) >= 11 is 0. The largest absolute Gasteiger partial charge is 0.493 e. The lowest BCUT2D eigenvalue weighted by Crippen LogP contribution is -2.25. The summed E-state index contributed by atoms with van der Waals surface area (Å²) in [6, 6.07) is 16.2. The fraction of sp³-hybridized carbons (Fsp3) is 0.182.